The fraction of sp³-hybridized carbons (Fsp3) is 0.615. The summed E-state index contributed by atoms with van der Waals surface area (Å²) >= 11 is 1.37. The van der Waals surface area contributed by atoms with Crippen molar-refractivity contribution in [3.63, 3.8) is 0 Å². The molecule has 0 unspecified atom stereocenters. The number of nitrogens with zero attached hydrogens (tertiary/aromatic N) is 1. The van der Waals surface area contributed by atoms with Gasteiger partial charge in [-0.2, -0.15) is 0 Å². The normalized spacial score (nSPS) is 10.6. The van der Waals surface area contributed by atoms with Gasteiger partial charge in [0.1, 0.15) is 15.6 Å². The first-order valence-electron chi connectivity index (χ1n) is 6.44. The third kappa shape index (κ3) is 3.53. The highest BCUT2D eigenvalue weighted by Crippen LogP contribution is 2.45. The van der Waals surface area contributed by atoms with Gasteiger partial charge in [0.25, 0.3) is 5.91 Å². The number of nitrogens with two attached hydrogens (primary N) is 1. The first kappa shape index (κ1) is 15.6. The maximum atomic E-state index is 11.8. The molecule has 108 valence electrons. The molecule has 1 aromatic heterocycles. The predicted molar refractivity (Wildman–Crippen MR) is 81.4 cm³/mol. The van der Waals surface area contributed by atoms with Gasteiger partial charge in [0.05, 0.1) is 6.10 Å². The number of hydrogen-bond donors (Lipinski definition) is 2. The highest BCUT2D eigenvalue weighted by Gasteiger charge is 2.24. The van der Waals surface area contributed by atoms with E-state index >= 15 is 0 Å². The lowest BCUT2D eigenvalue weighted by Crippen LogP contribution is -2.18. The molecule has 6 heteroatoms. The van der Waals surface area contributed by atoms with Gasteiger partial charge < -0.3 is 20.7 Å². The van der Waals surface area contributed by atoms with E-state index < -0.39 is 0 Å². The lowest BCUT2D eigenvalue weighted by molar-refractivity contribution is 0.0967. The predicted octanol–water partition coefficient (Wildman–Crippen LogP) is 2.32. The van der Waals surface area contributed by atoms with Crippen LogP contribution in [-0.2, 0) is 0 Å². The average Bonchev–Trinajstić information content (AvgIpc) is 2.66. The molecule has 1 heterocycles. The number of ether oxygens (including phenoxy) is 1. The Morgan fingerprint density at radius 1 is 1.53 bits per heavy atom. The summed E-state index contributed by atoms with van der Waals surface area (Å²) in [5.74, 6) is 0.446. The summed E-state index contributed by atoms with van der Waals surface area (Å²) in [6, 6.07) is 0. The molecule has 0 bridgehead atoms. The van der Waals surface area contributed by atoms with Crippen LogP contribution in [0.1, 0.15) is 36.9 Å². The monoisotopic (exact) mass is 285 g/mol. The molecule has 3 N–H and O–H groups in total. The third-order valence-electron chi connectivity index (χ3n) is 2.57. The van der Waals surface area contributed by atoms with Gasteiger partial charge in [0.15, 0.2) is 5.75 Å². The molecule has 0 aliphatic carbocycles. The molecular weight excluding hydrogens is 262 g/mol. The van der Waals surface area contributed by atoms with Crippen molar-refractivity contribution in [2.24, 2.45) is 0 Å². The van der Waals surface area contributed by atoms with E-state index in [-0.39, 0.29) is 12.0 Å². The molecule has 0 aromatic carbocycles. The summed E-state index contributed by atoms with van der Waals surface area (Å²) in [5.41, 5.74) is 6.49. The van der Waals surface area contributed by atoms with Crippen molar-refractivity contribution in [3.05, 3.63) is 4.88 Å². The smallest absolute Gasteiger partial charge is 0.263 e. The van der Waals surface area contributed by atoms with Crippen LogP contribution in [0.15, 0.2) is 0 Å². The van der Waals surface area contributed by atoms with Crippen LogP contribution in [0.2, 0.25) is 0 Å². The zero-order chi connectivity index (χ0) is 14.6. The van der Waals surface area contributed by atoms with Crippen LogP contribution in [0, 0.1) is 0 Å². The number of rotatable bonds is 6. The summed E-state index contributed by atoms with van der Waals surface area (Å²) in [7, 11) is 3.58. The van der Waals surface area contributed by atoms with Crippen molar-refractivity contribution in [2.75, 3.05) is 31.3 Å². The van der Waals surface area contributed by atoms with Crippen LogP contribution >= 0.6 is 11.3 Å². The average molecular weight is 285 g/mol. The number of amides is 1. The number of carbonyl (C=O) groups excluding carboxylic acids is 1. The van der Waals surface area contributed by atoms with Crippen LogP contribution in [-0.4, -0.2) is 32.7 Å². The number of nitrogen functional groups attached to an aromatic ring is 1. The Kier molecular flexibility index (Phi) is 5.47. The Morgan fingerprint density at radius 2 is 2.16 bits per heavy atom. The number of carbonyl (C=O) groups is 1. The van der Waals surface area contributed by atoms with Crippen molar-refractivity contribution in [3.8, 4) is 5.75 Å². The highest BCUT2D eigenvalue weighted by molar-refractivity contribution is 7.19. The van der Waals surface area contributed by atoms with E-state index in [0.717, 1.165) is 18.0 Å². The van der Waals surface area contributed by atoms with Crippen molar-refractivity contribution < 1.29 is 9.53 Å². The Balaban J connectivity index is 3.22. The Hall–Kier alpha value is -1.43. The number of thiophene rings is 1. The second-order valence-corrected chi connectivity index (χ2v) is 5.65. The van der Waals surface area contributed by atoms with Gasteiger partial charge in [-0.25, -0.2) is 0 Å². The van der Waals surface area contributed by atoms with Crippen molar-refractivity contribution >= 4 is 27.9 Å². The van der Waals surface area contributed by atoms with E-state index in [9.17, 15) is 4.79 Å². The Morgan fingerprint density at radius 3 is 2.63 bits per heavy atom. The minimum absolute atomic E-state index is 0.0169. The lowest BCUT2D eigenvalue weighted by Gasteiger charge is -2.19. The molecule has 19 heavy (non-hydrogen) atoms. The number of nitrogens with one attached hydrogen (secondary N) is 1. The van der Waals surface area contributed by atoms with Gasteiger partial charge >= 0.3 is 0 Å². The molecule has 1 amide bonds. The zero-order valence-corrected chi connectivity index (χ0v) is 13.1. The van der Waals surface area contributed by atoms with Crippen molar-refractivity contribution in [1.82, 2.24) is 5.32 Å². The standard InChI is InChI=1S/C13H23N3O2S/c1-6-7-16(5)13-10(18-8(2)3)9(14)11(19-13)12(17)15-4/h8H,6-7,14H2,1-5H3,(H,15,17). The quantitative estimate of drug-likeness (QED) is 0.841. The molecule has 0 saturated heterocycles. The summed E-state index contributed by atoms with van der Waals surface area (Å²) < 4.78 is 5.78. The molecule has 0 atom stereocenters. The van der Waals surface area contributed by atoms with Gasteiger partial charge in [-0.1, -0.05) is 6.92 Å². The summed E-state index contributed by atoms with van der Waals surface area (Å²) in [5, 5.41) is 3.51. The SMILES string of the molecule is CCCN(C)c1sc(C(=O)NC)c(N)c1OC(C)C. The molecule has 1 aromatic rings. The van der Waals surface area contributed by atoms with E-state index in [1.54, 1.807) is 7.05 Å². The van der Waals surface area contributed by atoms with E-state index in [0.29, 0.717) is 16.3 Å². The molecule has 0 spiro atoms. The molecule has 0 aliphatic rings. The van der Waals surface area contributed by atoms with Crippen LogP contribution in [0.4, 0.5) is 10.7 Å². The fourth-order valence-electron chi connectivity index (χ4n) is 1.74. The van der Waals surface area contributed by atoms with E-state index in [2.05, 4.69) is 17.1 Å². The minimum Gasteiger partial charge on any atom is -0.486 e. The van der Waals surface area contributed by atoms with Crippen LogP contribution < -0.4 is 20.7 Å². The largest absolute Gasteiger partial charge is 0.486 e. The molecule has 5 nitrogen and oxygen atoms in total. The van der Waals surface area contributed by atoms with Gasteiger partial charge in [-0.3, -0.25) is 4.79 Å². The van der Waals surface area contributed by atoms with Crippen LogP contribution in [0.25, 0.3) is 0 Å². The van der Waals surface area contributed by atoms with Crippen molar-refractivity contribution in [2.45, 2.75) is 33.3 Å². The topological polar surface area (TPSA) is 67.6 Å². The number of hydrogen-bond acceptors (Lipinski definition) is 5. The maximum Gasteiger partial charge on any atom is 0.263 e. The van der Waals surface area contributed by atoms with Gasteiger partial charge in [-0.05, 0) is 20.3 Å². The molecule has 0 radical (unpaired) electrons. The minimum atomic E-state index is -0.174. The number of anilines is 2. The lowest BCUT2D eigenvalue weighted by atomic mass is 10.3. The van der Waals surface area contributed by atoms with Gasteiger partial charge in [-0.15, -0.1) is 11.3 Å². The maximum absolute atomic E-state index is 11.8. The second-order valence-electron chi connectivity index (χ2n) is 4.65. The second kappa shape index (κ2) is 6.65. The van der Waals surface area contributed by atoms with Crippen LogP contribution in [0.5, 0.6) is 5.75 Å². The first-order valence-corrected chi connectivity index (χ1v) is 7.26. The summed E-state index contributed by atoms with van der Waals surface area (Å²) in [6.45, 7) is 6.89. The Bertz CT molecular complexity index is 443. The summed E-state index contributed by atoms with van der Waals surface area (Å²) in [6.07, 6.45) is 1.04. The van der Waals surface area contributed by atoms with Gasteiger partial charge in [0, 0.05) is 20.6 Å². The molecule has 1 rings (SSSR count). The highest BCUT2D eigenvalue weighted by atomic mass is 32.1. The first-order chi connectivity index (χ1) is 8.92. The molecular formula is C13H23N3O2S. The van der Waals surface area contributed by atoms with Crippen LogP contribution in [0.3, 0.4) is 0 Å². The van der Waals surface area contributed by atoms with E-state index in [4.69, 9.17) is 10.5 Å². The van der Waals surface area contributed by atoms with Gasteiger partial charge in [0.2, 0.25) is 0 Å². The summed E-state index contributed by atoms with van der Waals surface area (Å²) in [4.78, 5) is 14.4. The molecule has 0 saturated carbocycles. The van der Waals surface area contributed by atoms with E-state index in [1.165, 1.54) is 11.3 Å². The molecule has 0 aliphatic heterocycles. The Labute approximate surface area is 118 Å². The van der Waals surface area contributed by atoms with Crippen molar-refractivity contribution in [1.29, 1.82) is 0 Å². The fourth-order valence-corrected chi connectivity index (χ4v) is 2.82. The zero-order valence-electron chi connectivity index (χ0n) is 12.2. The molecule has 0 fully saturated rings. The third-order valence-corrected chi connectivity index (χ3v) is 3.87. The van der Waals surface area contributed by atoms with E-state index in [1.807, 2.05) is 20.9 Å².